The summed E-state index contributed by atoms with van der Waals surface area (Å²) < 4.78 is 1.53. The molecule has 2 aromatic rings. The lowest BCUT2D eigenvalue weighted by Crippen LogP contribution is -2.36. The lowest BCUT2D eigenvalue weighted by molar-refractivity contribution is -0.122. The van der Waals surface area contributed by atoms with Gasteiger partial charge < -0.3 is 11.1 Å². The van der Waals surface area contributed by atoms with Crippen LogP contribution in [-0.2, 0) is 17.8 Å². The molecule has 1 amide bonds. The molecule has 1 atom stereocenters. The van der Waals surface area contributed by atoms with E-state index in [1.807, 2.05) is 6.92 Å². The largest absolute Gasteiger partial charge is 0.382 e. The molecule has 2 heterocycles. The Bertz CT molecular complexity index is 560. The molecule has 0 aromatic carbocycles. The first-order chi connectivity index (χ1) is 9.02. The Morgan fingerprint density at radius 3 is 2.89 bits per heavy atom. The normalized spacial score (nSPS) is 12.3. The topological polar surface area (TPSA) is 72.9 Å². The van der Waals surface area contributed by atoms with Crippen molar-refractivity contribution in [2.75, 3.05) is 5.73 Å². The number of hydrogen-bond acceptors (Lipinski definition) is 4. The quantitative estimate of drug-likeness (QED) is 0.872. The van der Waals surface area contributed by atoms with Crippen molar-refractivity contribution in [3.8, 4) is 0 Å². The van der Waals surface area contributed by atoms with Crippen LogP contribution in [-0.4, -0.2) is 21.7 Å². The second-order valence-corrected chi connectivity index (χ2v) is 6.00. The van der Waals surface area contributed by atoms with Gasteiger partial charge in [0.1, 0.15) is 12.4 Å². The minimum Gasteiger partial charge on any atom is -0.382 e. The fourth-order valence-electron chi connectivity index (χ4n) is 1.88. The number of aryl methyl sites for hydroxylation is 1. The number of anilines is 1. The molecular weight excluding hydrogens is 260 g/mol. The Kier molecular flexibility index (Phi) is 4.21. The number of nitrogens with one attached hydrogen (secondary N) is 1. The highest BCUT2D eigenvalue weighted by Crippen LogP contribution is 2.16. The number of nitrogens with two attached hydrogens (primary N) is 1. The molecule has 0 spiro atoms. The maximum absolute atomic E-state index is 11.8. The lowest BCUT2D eigenvalue weighted by atomic mass is 10.2. The summed E-state index contributed by atoms with van der Waals surface area (Å²) in [5.74, 6) is 0.374. The van der Waals surface area contributed by atoms with Gasteiger partial charge in [-0.05, 0) is 32.0 Å². The van der Waals surface area contributed by atoms with E-state index >= 15 is 0 Å². The molecule has 0 fully saturated rings. The summed E-state index contributed by atoms with van der Waals surface area (Å²) >= 11 is 1.77. The number of nitrogens with zero attached hydrogens (tertiary/aromatic N) is 2. The SMILES string of the molecule is Cc1ccc(CC(C)NC(=O)Cn2ccc(N)n2)s1. The van der Waals surface area contributed by atoms with E-state index in [2.05, 4.69) is 29.5 Å². The number of thiophene rings is 1. The van der Waals surface area contributed by atoms with E-state index in [1.165, 1.54) is 14.4 Å². The lowest BCUT2D eigenvalue weighted by Gasteiger charge is -2.12. The van der Waals surface area contributed by atoms with Crippen LogP contribution < -0.4 is 11.1 Å². The highest BCUT2D eigenvalue weighted by Gasteiger charge is 2.10. The van der Waals surface area contributed by atoms with Crippen molar-refractivity contribution in [3.05, 3.63) is 34.2 Å². The second kappa shape index (κ2) is 5.88. The first-order valence-corrected chi connectivity index (χ1v) is 6.98. The molecule has 2 aromatic heterocycles. The first kappa shape index (κ1) is 13.6. The zero-order chi connectivity index (χ0) is 13.8. The van der Waals surface area contributed by atoms with E-state index in [9.17, 15) is 4.79 Å². The molecule has 5 nitrogen and oxygen atoms in total. The highest BCUT2D eigenvalue weighted by atomic mass is 32.1. The van der Waals surface area contributed by atoms with Gasteiger partial charge in [0, 0.05) is 28.4 Å². The maximum Gasteiger partial charge on any atom is 0.241 e. The fraction of sp³-hybridized carbons (Fsp3) is 0.385. The number of hydrogen-bond donors (Lipinski definition) is 2. The Morgan fingerprint density at radius 2 is 2.32 bits per heavy atom. The van der Waals surface area contributed by atoms with Gasteiger partial charge in [0.2, 0.25) is 5.91 Å². The molecular formula is C13H18N4OS. The Labute approximate surface area is 116 Å². The molecule has 0 bridgehead atoms. The van der Waals surface area contributed by atoms with Gasteiger partial charge in [0.05, 0.1) is 0 Å². The molecule has 6 heteroatoms. The summed E-state index contributed by atoms with van der Waals surface area (Å²) in [5, 5.41) is 6.94. The van der Waals surface area contributed by atoms with Crippen molar-refractivity contribution >= 4 is 23.1 Å². The van der Waals surface area contributed by atoms with Crippen LogP contribution in [0.4, 0.5) is 5.82 Å². The molecule has 102 valence electrons. The van der Waals surface area contributed by atoms with Gasteiger partial charge in [0.25, 0.3) is 0 Å². The predicted octanol–water partition coefficient (Wildman–Crippen LogP) is 1.58. The third-order valence-electron chi connectivity index (χ3n) is 2.68. The number of carbonyl (C=O) groups is 1. The van der Waals surface area contributed by atoms with Gasteiger partial charge in [-0.1, -0.05) is 0 Å². The first-order valence-electron chi connectivity index (χ1n) is 6.16. The van der Waals surface area contributed by atoms with Gasteiger partial charge in [-0.2, -0.15) is 5.10 Å². The van der Waals surface area contributed by atoms with Gasteiger partial charge in [-0.3, -0.25) is 9.48 Å². The second-order valence-electron chi connectivity index (χ2n) is 4.62. The summed E-state index contributed by atoms with van der Waals surface area (Å²) in [7, 11) is 0. The Morgan fingerprint density at radius 1 is 1.53 bits per heavy atom. The van der Waals surface area contributed by atoms with E-state index in [4.69, 9.17) is 5.73 Å². The maximum atomic E-state index is 11.8. The average molecular weight is 278 g/mol. The van der Waals surface area contributed by atoms with Crippen LogP contribution in [0.2, 0.25) is 0 Å². The van der Waals surface area contributed by atoms with Gasteiger partial charge in [0.15, 0.2) is 0 Å². The predicted molar refractivity (Wildman–Crippen MR) is 77.0 cm³/mol. The molecule has 0 aliphatic heterocycles. The van der Waals surface area contributed by atoms with E-state index < -0.39 is 0 Å². The summed E-state index contributed by atoms with van der Waals surface area (Å²) in [5.41, 5.74) is 5.50. The number of rotatable bonds is 5. The minimum atomic E-state index is -0.0520. The van der Waals surface area contributed by atoms with E-state index in [1.54, 1.807) is 23.6 Å². The number of carbonyl (C=O) groups excluding carboxylic acids is 1. The van der Waals surface area contributed by atoms with Gasteiger partial charge in [-0.15, -0.1) is 11.3 Å². The van der Waals surface area contributed by atoms with Crippen LogP contribution in [0, 0.1) is 6.92 Å². The highest BCUT2D eigenvalue weighted by molar-refractivity contribution is 7.11. The Balaban J connectivity index is 1.81. The van der Waals surface area contributed by atoms with E-state index in [0.717, 1.165) is 6.42 Å². The van der Waals surface area contributed by atoms with Crippen molar-refractivity contribution in [2.24, 2.45) is 0 Å². The fourth-order valence-corrected chi connectivity index (χ4v) is 2.90. The van der Waals surface area contributed by atoms with Crippen LogP contribution in [0.25, 0.3) is 0 Å². The molecule has 1 unspecified atom stereocenters. The van der Waals surface area contributed by atoms with Gasteiger partial charge >= 0.3 is 0 Å². The van der Waals surface area contributed by atoms with Crippen LogP contribution in [0.5, 0.6) is 0 Å². The molecule has 0 radical (unpaired) electrons. The zero-order valence-electron chi connectivity index (χ0n) is 11.1. The summed E-state index contributed by atoms with van der Waals surface area (Å²) in [6, 6.07) is 5.99. The molecule has 0 aliphatic rings. The molecule has 0 aliphatic carbocycles. The number of amides is 1. The van der Waals surface area contributed by atoms with E-state index in [-0.39, 0.29) is 18.5 Å². The van der Waals surface area contributed by atoms with Crippen LogP contribution in [0.15, 0.2) is 24.4 Å². The molecule has 3 N–H and O–H groups in total. The van der Waals surface area contributed by atoms with Crippen molar-refractivity contribution in [1.82, 2.24) is 15.1 Å². The van der Waals surface area contributed by atoms with Crippen LogP contribution >= 0.6 is 11.3 Å². The van der Waals surface area contributed by atoms with Crippen LogP contribution in [0.1, 0.15) is 16.7 Å². The summed E-state index contributed by atoms with van der Waals surface area (Å²) in [6.07, 6.45) is 2.55. The van der Waals surface area contributed by atoms with E-state index in [0.29, 0.717) is 5.82 Å². The Hall–Kier alpha value is -1.82. The smallest absolute Gasteiger partial charge is 0.241 e. The minimum absolute atomic E-state index is 0.0520. The van der Waals surface area contributed by atoms with Gasteiger partial charge in [-0.25, -0.2) is 0 Å². The van der Waals surface area contributed by atoms with Crippen molar-refractivity contribution in [3.63, 3.8) is 0 Å². The van der Waals surface area contributed by atoms with Crippen molar-refractivity contribution in [2.45, 2.75) is 32.9 Å². The molecule has 2 rings (SSSR count). The summed E-state index contributed by atoms with van der Waals surface area (Å²) in [4.78, 5) is 14.4. The molecule has 19 heavy (non-hydrogen) atoms. The third kappa shape index (κ3) is 4.10. The third-order valence-corrected chi connectivity index (χ3v) is 3.70. The van der Waals surface area contributed by atoms with Crippen molar-refractivity contribution in [1.29, 1.82) is 0 Å². The van der Waals surface area contributed by atoms with Crippen LogP contribution in [0.3, 0.4) is 0 Å². The number of nitrogen functional groups attached to an aromatic ring is 1. The average Bonchev–Trinajstić information content (AvgIpc) is 2.87. The standard InChI is InChI=1S/C13H18N4OS/c1-9(7-11-4-3-10(2)19-11)15-13(18)8-17-6-5-12(14)16-17/h3-6,9H,7-8H2,1-2H3,(H2,14,16)(H,15,18). The monoisotopic (exact) mass is 278 g/mol. The molecule has 0 saturated heterocycles. The summed E-state index contributed by atoms with van der Waals surface area (Å²) in [6.45, 7) is 4.29. The zero-order valence-corrected chi connectivity index (χ0v) is 11.9. The number of aromatic nitrogens is 2. The van der Waals surface area contributed by atoms with Crippen molar-refractivity contribution < 1.29 is 4.79 Å². The molecule has 0 saturated carbocycles.